The molecule has 10 aromatic carbocycles. The molecule has 0 N–H and O–H groups in total. The van der Waals surface area contributed by atoms with E-state index >= 15 is 0 Å². The van der Waals surface area contributed by atoms with Crippen molar-refractivity contribution in [2.75, 3.05) is 9.80 Å². The molecule has 10 aromatic rings. The van der Waals surface area contributed by atoms with E-state index < -0.39 is 0 Å². The molecule has 2 heteroatoms. The summed E-state index contributed by atoms with van der Waals surface area (Å²) in [5.41, 5.74) is 22.2. The second-order valence-corrected chi connectivity index (χ2v) is 20.6. The Kier molecular flexibility index (Phi) is 8.38. The van der Waals surface area contributed by atoms with Gasteiger partial charge in [0.2, 0.25) is 0 Å². The van der Waals surface area contributed by atoms with Crippen LogP contribution in [0.2, 0.25) is 0 Å². The number of fused-ring (bicyclic) bond motifs is 10. The molecule has 2 aliphatic carbocycles. The molecule has 0 aromatic heterocycles. The van der Waals surface area contributed by atoms with Crippen LogP contribution in [0, 0.1) is 0 Å². The van der Waals surface area contributed by atoms with Crippen LogP contribution in [0.15, 0.2) is 206 Å². The highest BCUT2D eigenvalue weighted by molar-refractivity contribution is 6.09. The fourth-order valence-electron chi connectivity index (χ4n) is 12.2. The van der Waals surface area contributed by atoms with Crippen LogP contribution in [-0.2, 0) is 16.2 Å². The van der Waals surface area contributed by atoms with E-state index in [0.29, 0.717) is 0 Å². The summed E-state index contributed by atoms with van der Waals surface area (Å²) in [7, 11) is 0. The molecule has 0 spiro atoms. The smallest absolute Gasteiger partial charge is 0.0781 e. The van der Waals surface area contributed by atoms with Gasteiger partial charge in [-0.1, -0.05) is 193 Å². The zero-order chi connectivity index (χ0) is 45.4. The van der Waals surface area contributed by atoms with E-state index in [4.69, 9.17) is 0 Å². The molecule has 2 nitrogen and oxygen atoms in total. The van der Waals surface area contributed by atoms with E-state index in [1.807, 2.05) is 0 Å². The van der Waals surface area contributed by atoms with Crippen LogP contribution in [0.5, 0.6) is 0 Å². The molecule has 13 rings (SSSR count). The van der Waals surface area contributed by atoms with Gasteiger partial charge in [-0.3, -0.25) is 0 Å². The minimum atomic E-state index is -0.277. The first-order chi connectivity index (χ1) is 32.5. The highest BCUT2D eigenvalue weighted by atomic mass is 15.2. The summed E-state index contributed by atoms with van der Waals surface area (Å²) in [6.07, 6.45) is 0. The molecular formula is C65H52N2. The molecule has 1 aliphatic heterocycles. The lowest BCUT2D eigenvalue weighted by molar-refractivity contribution is 0.632. The molecule has 0 bridgehead atoms. The monoisotopic (exact) mass is 860 g/mol. The summed E-state index contributed by atoms with van der Waals surface area (Å²) in [6, 6.07) is 77.9. The molecule has 3 aliphatic rings. The third-order valence-corrected chi connectivity index (χ3v) is 15.8. The minimum absolute atomic E-state index is 0.166. The zero-order valence-corrected chi connectivity index (χ0v) is 39.0. The Balaban J connectivity index is 1.08. The number of benzene rings is 10. The number of anilines is 6. The second kappa shape index (κ2) is 14.2. The molecule has 67 heavy (non-hydrogen) atoms. The lowest BCUT2D eigenvalue weighted by Gasteiger charge is -2.44. The topological polar surface area (TPSA) is 6.48 Å². The van der Waals surface area contributed by atoms with E-state index in [2.05, 4.69) is 258 Å². The molecule has 0 radical (unpaired) electrons. The highest BCUT2D eigenvalue weighted by Gasteiger charge is 2.41. The minimum Gasteiger partial charge on any atom is -0.308 e. The van der Waals surface area contributed by atoms with E-state index in [-0.39, 0.29) is 16.2 Å². The van der Waals surface area contributed by atoms with Crippen LogP contribution in [0.25, 0.3) is 54.9 Å². The zero-order valence-electron chi connectivity index (χ0n) is 39.0. The quantitative estimate of drug-likeness (QED) is 0.170. The van der Waals surface area contributed by atoms with Crippen LogP contribution in [0.3, 0.4) is 0 Å². The summed E-state index contributed by atoms with van der Waals surface area (Å²) in [5.74, 6) is 0. The summed E-state index contributed by atoms with van der Waals surface area (Å²) < 4.78 is 0. The van der Waals surface area contributed by atoms with Gasteiger partial charge in [0, 0.05) is 33.0 Å². The summed E-state index contributed by atoms with van der Waals surface area (Å²) in [6.45, 7) is 14.3. The van der Waals surface area contributed by atoms with Gasteiger partial charge in [-0.05, 0) is 138 Å². The van der Waals surface area contributed by atoms with Crippen molar-refractivity contribution in [2.24, 2.45) is 0 Å². The van der Waals surface area contributed by atoms with E-state index in [1.54, 1.807) is 0 Å². The Morgan fingerprint density at radius 1 is 0.328 bits per heavy atom. The first kappa shape index (κ1) is 39.7. The van der Waals surface area contributed by atoms with Gasteiger partial charge in [-0.25, -0.2) is 0 Å². The van der Waals surface area contributed by atoms with Gasteiger partial charge in [0.1, 0.15) is 0 Å². The second-order valence-electron chi connectivity index (χ2n) is 20.6. The molecule has 0 amide bonds. The number of hydrogen-bond donors (Lipinski definition) is 0. The lowest BCUT2D eigenvalue weighted by Crippen LogP contribution is -2.31. The largest absolute Gasteiger partial charge is 0.308 e. The molecule has 0 unspecified atom stereocenters. The third-order valence-electron chi connectivity index (χ3n) is 15.8. The van der Waals surface area contributed by atoms with Gasteiger partial charge in [-0.15, -0.1) is 0 Å². The number of rotatable bonds is 5. The first-order valence-corrected chi connectivity index (χ1v) is 23.8. The van der Waals surface area contributed by atoms with Crippen molar-refractivity contribution in [2.45, 2.75) is 57.8 Å². The molecule has 0 atom stereocenters. The third kappa shape index (κ3) is 5.69. The van der Waals surface area contributed by atoms with Gasteiger partial charge in [-0.2, -0.15) is 0 Å². The average molecular weight is 861 g/mol. The van der Waals surface area contributed by atoms with Crippen molar-refractivity contribution in [1.82, 2.24) is 0 Å². The van der Waals surface area contributed by atoms with Crippen molar-refractivity contribution < 1.29 is 0 Å². The Morgan fingerprint density at radius 3 is 1.48 bits per heavy atom. The van der Waals surface area contributed by atoms with Crippen LogP contribution >= 0.6 is 0 Å². The maximum Gasteiger partial charge on any atom is 0.0781 e. The molecule has 322 valence electrons. The van der Waals surface area contributed by atoms with E-state index in [9.17, 15) is 0 Å². The molecule has 0 fully saturated rings. The molecule has 1 heterocycles. The Hall–Kier alpha value is -7.68. The Bertz CT molecular complexity index is 3590. The predicted octanol–water partition coefficient (Wildman–Crippen LogP) is 17.9. The predicted molar refractivity (Wildman–Crippen MR) is 284 cm³/mol. The maximum atomic E-state index is 2.59. The van der Waals surface area contributed by atoms with Crippen molar-refractivity contribution in [3.8, 4) is 33.4 Å². The SMILES string of the molecule is CC1(C)c2ccccc2-c2ccc(N(c3ccc4c(c3)C(C)(C)c3ccccc3-4)c3ccc4ccccc4c3N3c4ccccc4C(C)(C)c4cc(-c5ccc6ccccc6c5)ccc43)cc21. The van der Waals surface area contributed by atoms with Gasteiger partial charge >= 0.3 is 0 Å². The number of nitrogens with zero attached hydrogens (tertiary/aromatic N) is 2. The van der Waals surface area contributed by atoms with Crippen molar-refractivity contribution in [1.29, 1.82) is 0 Å². The Labute approximate surface area is 394 Å². The fourth-order valence-corrected chi connectivity index (χ4v) is 12.2. The maximum absolute atomic E-state index is 2.59. The summed E-state index contributed by atoms with van der Waals surface area (Å²) in [4.78, 5) is 5.15. The number of hydrogen-bond acceptors (Lipinski definition) is 2. The van der Waals surface area contributed by atoms with Crippen LogP contribution < -0.4 is 9.80 Å². The molecule has 0 saturated heterocycles. The average Bonchev–Trinajstić information content (AvgIpc) is 3.73. The lowest BCUT2D eigenvalue weighted by atomic mass is 9.72. The van der Waals surface area contributed by atoms with Crippen LogP contribution in [0.4, 0.5) is 34.1 Å². The van der Waals surface area contributed by atoms with Crippen molar-refractivity contribution in [3.05, 3.63) is 240 Å². The van der Waals surface area contributed by atoms with Crippen molar-refractivity contribution in [3.63, 3.8) is 0 Å². The van der Waals surface area contributed by atoms with Crippen LogP contribution in [-0.4, -0.2) is 0 Å². The van der Waals surface area contributed by atoms with Gasteiger partial charge in [0.15, 0.2) is 0 Å². The van der Waals surface area contributed by atoms with E-state index in [1.165, 1.54) is 99.7 Å². The van der Waals surface area contributed by atoms with Crippen molar-refractivity contribution >= 4 is 55.7 Å². The fraction of sp³-hybridized carbons (Fsp3) is 0.138. The first-order valence-electron chi connectivity index (χ1n) is 23.8. The van der Waals surface area contributed by atoms with Gasteiger partial charge in [0.25, 0.3) is 0 Å². The van der Waals surface area contributed by atoms with Crippen LogP contribution in [0.1, 0.15) is 74.9 Å². The molecular weight excluding hydrogens is 809 g/mol. The number of para-hydroxylation sites is 1. The Morgan fingerprint density at radius 2 is 0.806 bits per heavy atom. The summed E-state index contributed by atoms with van der Waals surface area (Å²) >= 11 is 0. The van der Waals surface area contributed by atoms with Gasteiger partial charge < -0.3 is 9.80 Å². The molecule has 0 saturated carbocycles. The standard InChI is InChI=1S/C65H52N2/c1-63(2)53-23-13-11-21-49(53)51-33-31-46(39-56(51)63)66(47-32-34-52-50-22-12-14-24-54(50)64(3,4)57(52)40-47)61-36-29-42-18-9-10-20-48(42)62(61)67-59-26-16-15-25-55(59)65(5,6)58-38-45(30-35-60(58)67)44-28-27-41-17-7-8-19-43(41)37-44/h7-40H,1-6H3. The summed E-state index contributed by atoms with van der Waals surface area (Å²) in [5, 5.41) is 4.91. The van der Waals surface area contributed by atoms with Gasteiger partial charge in [0.05, 0.1) is 22.7 Å². The van der Waals surface area contributed by atoms with E-state index in [0.717, 1.165) is 22.7 Å². The highest BCUT2D eigenvalue weighted by Crippen LogP contribution is 2.59. The normalized spacial score (nSPS) is 15.3.